The van der Waals surface area contributed by atoms with Gasteiger partial charge in [0, 0.05) is 16.6 Å². The van der Waals surface area contributed by atoms with Crippen molar-refractivity contribution in [1.82, 2.24) is 10.2 Å². The first-order valence-electron chi connectivity index (χ1n) is 9.10. The number of nitrogens with zero attached hydrogens (tertiary/aromatic N) is 1. The highest BCUT2D eigenvalue weighted by molar-refractivity contribution is 7.92. The fourth-order valence-electron chi connectivity index (χ4n) is 3.39. The largest absolute Gasteiger partial charge is 0.353 e. The Hall–Kier alpha value is -1.60. The predicted molar refractivity (Wildman–Crippen MR) is 112 cm³/mol. The van der Waals surface area contributed by atoms with Gasteiger partial charge in [-0.25, -0.2) is 8.42 Å². The summed E-state index contributed by atoms with van der Waals surface area (Å²) in [4.78, 5) is 14.7. The lowest BCUT2D eigenvalue weighted by molar-refractivity contribution is -0.118. The molecular formula is C20H22Cl2N2O3S. The molecule has 1 N–H and O–H groups in total. The minimum absolute atomic E-state index is 0.0780. The number of carbonyl (C=O) groups is 1. The zero-order valence-corrected chi connectivity index (χ0v) is 17.6. The van der Waals surface area contributed by atoms with Crippen LogP contribution in [0.5, 0.6) is 0 Å². The Kier molecular flexibility index (Phi) is 6.99. The van der Waals surface area contributed by atoms with Gasteiger partial charge in [-0.15, -0.1) is 0 Å². The van der Waals surface area contributed by atoms with Crippen molar-refractivity contribution in [3.63, 3.8) is 0 Å². The quantitative estimate of drug-likeness (QED) is 0.712. The average molecular weight is 441 g/mol. The van der Waals surface area contributed by atoms with Crippen LogP contribution >= 0.6 is 23.2 Å². The monoisotopic (exact) mass is 440 g/mol. The molecule has 1 aliphatic rings. The topological polar surface area (TPSA) is 66.5 Å². The standard InChI is InChI=1S/C20H22Cl2N2O3S/c21-15-7-9-16(10-8-15)28(26,27)14-20(25)23-13-19(24-11-3-4-12-24)17-5-1-2-6-18(17)22/h1-2,5-10,19H,3-4,11-14H2,(H,23,25)/t19-/m1/s1. The van der Waals surface area contributed by atoms with E-state index in [2.05, 4.69) is 10.2 Å². The summed E-state index contributed by atoms with van der Waals surface area (Å²) in [5.41, 5.74) is 0.937. The van der Waals surface area contributed by atoms with E-state index < -0.39 is 21.5 Å². The highest BCUT2D eigenvalue weighted by Crippen LogP contribution is 2.29. The maximum atomic E-state index is 12.4. The summed E-state index contributed by atoms with van der Waals surface area (Å²) in [6.07, 6.45) is 2.19. The van der Waals surface area contributed by atoms with Crippen molar-refractivity contribution in [3.8, 4) is 0 Å². The van der Waals surface area contributed by atoms with E-state index in [1.807, 2.05) is 24.3 Å². The van der Waals surface area contributed by atoms with Gasteiger partial charge in [0.1, 0.15) is 5.75 Å². The van der Waals surface area contributed by atoms with Crippen LogP contribution in [-0.4, -0.2) is 44.6 Å². The zero-order valence-electron chi connectivity index (χ0n) is 15.3. The van der Waals surface area contributed by atoms with Crippen LogP contribution in [0.4, 0.5) is 0 Å². The molecule has 1 heterocycles. The molecule has 8 heteroatoms. The van der Waals surface area contributed by atoms with Crippen molar-refractivity contribution in [1.29, 1.82) is 0 Å². The van der Waals surface area contributed by atoms with Gasteiger partial charge in [-0.2, -0.15) is 0 Å². The number of sulfone groups is 1. The molecule has 0 aromatic heterocycles. The second kappa shape index (κ2) is 9.27. The van der Waals surface area contributed by atoms with E-state index in [0.717, 1.165) is 31.5 Å². The number of nitrogens with one attached hydrogen (secondary N) is 1. The molecular weight excluding hydrogens is 419 g/mol. The fraction of sp³-hybridized carbons (Fsp3) is 0.350. The minimum atomic E-state index is -3.73. The molecule has 1 fully saturated rings. The number of hydrogen-bond donors (Lipinski definition) is 1. The van der Waals surface area contributed by atoms with Crippen molar-refractivity contribution in [3.05, 3.63) is 64.1 Å². The number of benzene rings is 2. The van der Waals surface area contributed by atoms with Crippen LogP contribution in [0.1, 0.15) is 24.4 Å². The zero-order chi connectivity index (χ0) is 20.1. The molecule has 0 spiro atoms. The smallest absolute Gasteiger partial charge is 0.235 e. The lowest BCUT2D eigenvalue weighted by Gasteiger charge is -2.29. The average Bonchev–Trinajstić information content (AvgIpc) is 3.18. The molecule has 0 unspecified atom stereocenters. The van der Waals surface area contributed by atoms with Crippen LogP contribution in [0.15, 0.2) is 53.4 Å². The van der Waals surface area contributed by atoms with Crippen LogP contribution in [0, 0.1) is 0 Å². The second-order valence-electron chi connectivity index (χ2n) is 6.80. The summed E-state index contributed by atoms with van der Waals surface area (Å²) in [5, 5.41) is 3.86. The van der Waals surface area contributed by atoms with Gasteiger partial charge in [0.2, 0.25) is 5.91 Å². The van der Waals surface area contributed by atoms with E-state index in [4.69, 9.17) is 23.2 Å². The molecule has 5 nitrogen and oxygen atoms in total. The van der Waals surface area contributed by atoms with Crippen LogP contribution in [0.3, 0.4) is 0 Å². The number of likely N-dealkylation sites (tertiary alicyclic amines) is 1. The molecule has 0 aliphatic carbocycles. The summed E-state index contributed by atoms with van der Waals surface area (Å²) >= 11 is 12.2. The van der Waals surface area contributed by atoms with Gasteiger partial charge in [-0.1, -0.05) is 41.4 Å². The van der Waals surface area contributed by atoms with Gasteiger partial charge >= 0.3 is 0 Å². The molecule has 150 valence electrons. The summed E-state index contributed by atoms with van der Waals surface area (Å²) in [7, 11) is -3.73. The molecule has 1 saturated heterocycles. The Labute approximate surface area is 175 Å². The van der Waals surface area contributed by atoms with E-state index in [0.29, 0.717) is 16.6 Å². The first-order valence-corrected chi connectivity index (χ1v) is 11.5. The van der Waals surface area contributed by atoms with Crippen molar-refractivity contribution in [2.24, 2.45) is 0 Å². The lowest BCUT2D eigenvalue weighted by atomic mass is 10.1. The first kappa shape index (κ1) is 21.1. The number of carbonyl (C=O) groups excluding carboxylic acids is 1. The first-order chi connectivity index (χ1) is 13.4. The number of halogens is 2. The Morgan fingerprint density at radius 1 is 1.04 bits per heavy atom. The summed E-state index contributed by atoms with van der Waals surface area (Å²) < 4.78 is 24.9. The van der Waals surface area contributed by atoms with E-state index >= 15 is 0 Å². The summed E-state index contributed by atoms with van der Waals surface area (Å²) in [6.45, 7) is 2.16. The van der Waals surface area contributed by atoms with E-state index in [9.17, 15) is 13.2 Å². The van der Waals surface area contributed by atoms with Gasteiger partial charge < -0.3 is 5.32 Å². The maximum Gasteiger partial charge on any atom is 0.235 e. The predicted octanol–water partition coefficient (Wildman–Crippen LogP) is 3.72. The molecule has 0 saturated carbocycles. The Morgan fingerprint density at radius 2 is 1.68 bits per heavy atom. The summed E-state index contributed by atoms with van der Waals surface area (Å²) in [6, 6.07) is 13.3. The van der Waals surface area contributed by atoms with Gasteiger partial charge in [0.05, 0.1) is 10.9 Å². The van der Waals surface area contributed by atoms with Crippen LogP contribution in [-0.2, 0) is 14.6 Å². The van der Waals surface area contributed by atoms with Crippen molar-refractivity contribution in [2.75, 3.05) is 25.4 Å². The molecule has 2 aromatic carbocycles. The molecule has 3 rings (SSSR count). The van der Waals surface area contributed by atoms with Crippen molar-refractivity contribution in [2.45, 2.75) is 23.8 Å². The van der Waals surface area contributed by atoms with Crippen molar-refractivity contribution < 1.29 is 13.2 Å². The number of hydrogen-bond acceptors (Lipinski definition) is 4. The van der Waals surface area contributed by atoms with E-state index in [1.165, 1.54) is 24.3 Å². The Balaban J connectivity index is 1.68. The normalized spacial score (nSPS) is 16.1. The highest BCUT2D eigenvalue weighted by Gasteiger charge is 2.26. The molecule has 1 aliphatic heterocycles. The number of rotatable bonds is 7. The van der Waals surface area contributed by atoms with E-state index in [-0.39, 0.29) is 10.9 Å². The number of amides is 1. The minimum Gasteiger partial charge on any atom is -0.353 e. The molecule has 0 radical (unpaired) electrons. The molecule has 0 bridgehead atoms. The maximum absolute atomic E-state index is 12.4. The van der Waals surface area contributed by atoms with Crippen molar-refractivity contribution >= 4 is 38.9 Å². The third-order valence-electron chi connectivity index (χ3n) is 4.83. The van der Waals surface area contributed by atoms with E-state index in [1.54, 1.807) is 0 Å². The second-order valence-corrected chi connectivity index (χ2v) is 9.63. The van der Waals surface area contributed by atoms with Crippen LogP contribution in [0.2, 0.25) is 10.0 Å². The van der Waals surface area contributed by atoms with Gasteiger partial charge in [0.15, 0.2) is 9.84 Å². The molecule has 28 heavy (non-hydrogen) atoms. The van der Waals surface area contributed by atoms with Crippen LogP contribution in [0.25, 0.3) is 0 Å². The highest BCUT2D eigenvalue weighted by atomic mass is 35.5. The molecule has 2 aromatic rings. The van der Waals surface area contributed by atoms with Gasteiger partial charge in [-0.3, -0.25) is 9.69 Å². The van der Waals surface area contributed by atoms with Gasteiger partial charge in [0.25, 0.3) is 0 Å². The molecule has 1 amide bonds. The fourth-order valence-corrected chi connectivity index (χ4v) is 4.95. The SMILES string of the molecule is O=C(CS(=O)(=O)c1ccc(Cl)cc1)NC[C@H](c1ccccc1Cl)N1CCCC1. The molecule has 1 atom stereocenters. The van der Waals surface area contributed by atoms with Crippen LogP contribution < -0.4 is 5.32 Å². The Morgan fingerprint density at radius 3 is 2.32 bits per heavy atom. The third kappa shape index (κ3) is 5.26. The van der Waals surface area contributed by atoms with Gasteiger partial charge in [-0.05, 0) is 61.8 Å². The summed E-state index contributed by atoms with van der Waals surface area (Å²) in [5.74, 6) is -1.14. The third-order valence-corrected chi connectivity index (χ3v) is 7.06. The Bertz CT molecular complexity index is 927. The lowest BCUT2D eigenvalue weighted by Crippen LogP contribution is -2.39.